The molecule has 0 aromatic carbocycles. The number of aromatic nitrogens is 2. The molecule has 0 amide bonds. The van der Waals surface area contributed by atoms with Crippen molar-refractivity contribution in [3.05, 3.63) is 16.9 Å². The van der Waals surface area contributed by atoms with Gasteiger partial charge in [0.25, 0.3) is 0 Å². The van der Waals surface area contributed by atoms with Gasteiger partial charge in [-0.15, -0.1) is 0 Å². The van der Waals surface area contributed by atoms with E-state index in [0.29, 0.717) is 10.3 Å². The predicted octanol–water partition coefficient (Wildman–Crippen LogP) is 2.40. The van der Waals surface area contributed by atoms with Gasteiger partial charge in [0.15, 0.2) is 0 Å². The summed E-state index contributed by atoms with van der Waals surface area (Å²) < 4.78 is 1.91. The van der Waals surface area contributed by atoms with Gasteiger partial charge in [-0.25, -0.2) is 0 Å². The molecule has 1 aromatic heterocycles. The minimum atomic E-state index is -0.00671. The van der Waals surface area contributed by atoms with Crippen LogP contribution in [-0.2, 0) is 6.54 Å². The lowest BCUT2D eigenvalue weighted by Crippen LogP contribution is -2.31. The van der Waals surface area contributed by atoms with Crippen LogP contribution in [-0.4, -0.2) is 32.3 Å². The van der Waals surface area contributed by atoms with Crippen LogP contribution in [0, 0.1) is 0 Å². The van der Waals surface area contributed by atoms with Crippen LogP contribution in [0.5, 0.6) is 0 Å². The Labute approximate surface area is 109 Å². The van der Waals surface area contributed by atoms with Crippen molar-refractivity contribution in [2.24, 2.45) is 5.73 Å². The van der Waals surface area contributed by atoms with Gasteiger partial charge in [0.05, 0.1) is 23.0 Å². The van der Waals surface area contributed by atoms with Gasteiger partial charge in [0, 0.05) is 29.1 Å². The lowest BCUT2D eigenvalue weighted by Gasteiger charge is -2.27. The third-order valence-corrected chi connectivity index (χ3v) is 5.87. The van der Waals surface area contributed by atoms with E-state index in [1.54, 1.807) is 6.20 Å². The van der Waals surface area contributed by atoms with Crippen molar-refractivity contribution in [3.8, 4) is 0 Å². The van der Waals surface area contributed by atoms with Gasteiger partial charge in [-0.1, -0.05) is 11.6 Å². The van der Waals surface area contributed by atoms with E-state index in [4.69, 9.17) is 17.3 Å². The Balaban J connectivity index is 2.18. The molecule has 2 N–H and O–H groups in total. The molecule has 0 saturated carbocycles. The summed E-state index contributed by atoms with van der Waals surface area (Å²) in [5.74, 6) is 3.52. The summed E-state index contributed by atoms with van der Waals surface area (Å²) in [6.45, 7) is 2.88. The molecule has 6 heteroatoms. The Morgan fingerprint density at radius 3 is 3.12 bits per heavy atom. The van der Waals surface area contributed by atoms with E-state index in [1.807, 2.05) is 28.2 Å². The highest BCUT2D eigenvalue weighted by Gasteiger charge is 2.27. The van der Waals surface area contributed by atoms with E-state index >= 15 is 0 Å². The Bertz CT molecular complexity index is 350. The number of hydrogen-bond donors (Lipinski definition) is 1. The van der Waals surface area contributed by atoms with Crippen molar-refractivity contribution >= 4 is 35.1 Å². The minimum Gasteiger partial charge on any atom is -0.322 e. The van der Waals surface area contributed by atoms with Crippen LogP contribution in [0.15, 0.2) is 6.20 Å². The fourth-order valence-corrected chi connectivity index (χ4v) is 4.89. The highest BCUT2D eigenvalue weighted by atomic mass is 35.5. The molecule has 16 heavy (non-hydrogen) atoms. The Morgan fingerprint density at radius 1 is 1.69 bits per heavy atom. The van der Waals surface area contributed by atoms with E-state index in [-0.39, 0.29) is 6.04 Å². The molecule has 1 aliphatic heterocycles. The van der Waals surface area contributed by atoms with E-state index in [9.17, 15) is 0 Å². The number of thioether (sulfide) groups is 2. The van der Waals surface area contributed by atoms with Crippen molar-refractivity contribution in [2.75, 3.05) is 17.3 Å². The van der Waals surface area contributed by atoms with Crippen LogP contribution in [0.2, 0.25) is 5.02 Å². The van der Waals surface area contributed by atoms with Gasteiger partial charge in [0.2, 0.25) is 0 Å². The molecule has 1 saturated heterocycles. The summed E-state index contributed by atoms with van der Waals surface area (Å²) in [5.41, 5.74) is 7.30. The second kappa shape index (κ2) is 5.67. The summed E-state index contributed by atoms with van der Waals surface area (Å²) >= 11 is 10.1. The topological polar surface area (TPSA) is 43.8 Å². The number of rotatable bonds is 3. The third-order valence-electron chi connectivity index (χ3n) is 2.69. The molecule has 1 aromatic rings. The average molecular weight is 278 g/mol. The quantitative estimate of drug-likeness (QED) is 0.921. The Morgan fingerprint density at radius 2 is 2.50 bits per heavy atom. The van der Waals surface area contributed by atoms with Crippen molar-refractivity contribution in [2.45, 2.75) is 24.8 Å². The zero-order chi connectivity index (χ0) is 11.5. The van der Waals surface area contributed by atoms with E-state index in [2.05, 4.69) is 12.0 Å². The first-order valence-electron chi connectivity index (χ1n) is 5.40. The van der Waals surface area contributed by atoms with Crippen LogP contribution < -0.4 is 5.73 Å². The van der Waals surface area contributed by atoms with Crippen molar-refractivity contribution in [1.82, 2.24) is 9.78 Å². The van der Waals surface area contributed by atoms with Crippen LogP contribution in [0.3, 0.4) is 0 Å². The highest BCUT2D eigenvalue weighted by molar-refractivity contribution is 8.06. The summed E-state index contributed by atoms with van der Waals surface area (Å²) in [5, 5.41) is 5.40. The zero-order valence-electron chi connectivity index (χ0n) is 9.23. The lowest BCUT2D eigenvalue weighted by molar-refractivity contribution is 0.569. The van der Waals surface area contributed by atoms with E-state index < -0.39 is 0 Å². The maximum Gasteiger partial charge on any atom is 0.0834 e. The minimum absolute atomic E-state index is 0.00671. The second-order valence-electron chi connectivity index (χ2n) is 3.70. The molecule has 2 heterocycles. The van der Waals surface area contributed by atoms with Gasteiger partial charge in [-0.2, -0.15) is 28.6 Å². The molecule has 2 rings (SSSR count). The normalized spacial score (nSPS) is 23.3. The molecule has 0 spiro atoms. The smallest absolute Gasteiger partial charge is 0.0834 e. The van der Waals surface area contributed by atoms with Crippen LogP contribution >= 0.6 is 35.1 Å². The van der Waals surface area contributed by atoms with Crippen molar-refractivity contribution in [3.63, 3.8) is 0 Å². The molecule has 90 valence electrons. The first-order valence-corrected chi connectivity index (χ1v) is 7.98. The maximum absolute atomic E-state index is 6.31. The Kier molecular flexibility index (Phi) is 4.47. The van der Waals surface area contributed by atoms with Gasteiger partial charge in [0.1, 0.15) is 0 Å². The lowest BCUT2D eigenvalue weighted by atomic mass is 10.1. The molecule has 2 unspecified atom stereocenters. The molecule has 0 radical (unpaired) electrons. The summed E-state index contributed by atoms with van der Waals surface area (Å²) in [6, 6.07) is -0.00671. The van der Waals surface area contributed by atoms with Gasteiger partial charge in [-0.05, 0) is 6.92 Å². The fourth-order valence-electron chi connectivity index (χ4n) is 1.84. The van der Waals surface area contributed by atoms with E-state index in [1.165, 1.54) is 11.5 Å². The number of nitrogens with zero attached hydrogens (tertiary/aromatic N) is 2. The largest absolute Gasteiger partial charge is 0.322 e. The highest BCUT2D eigenvalue weighted by Crippen LogP contribution is 2.34. The van der Waals surface area contributed by atoms with Crippen LogP contribution in [0.1, 0.15) is 18.7 Å². The molecule has 0 aliphatic carbocycles. The van der Waals surface area contributed by atoms with Crippen molar-refractivity contribution in [1.29, 1.82) is 0 Å². The van der Waals surface area contributed by atoms with Crippen molar-refractivity contribution < 1.29 is 0 Å². The summed E-state index contributed by atoms with van der Waals surface area (Å²) in [7, 11) is 0. The van der Waals surface area contributed by atoms with Gasteiger partial charge < -0.3 is 5.73 Å². The maximum atomic E-state index is 6.31. The molecule has 3 nitrogen and oxygen atoms in total. The number of nitrogens with two attached hydrogens (primary N) is 1. The number of hydrogen-bond acceptors (Lipinski definition) is 4. The zero-order valence-corrected chi connectivity index (χ0v) is 11.6. The summed E-state index contributed by atoms with van der Waals surface area (Å²) in [4.78, 5) is 0. The standard InChI is InChI=1S/C10H16ClN3S2/c1-2-14-10(7(11)5-13-14)9(12)8-6-15-3-4-16-8/h5,8-9H,2-4,6,12H2,1H3. The molecule has 0 bridgehead atoms. The SMILES string of the molecule is CCn1ncc(Cl)c1C(N)C1CSCCS1. The van der Waals surface area contributed by atoms with E-state index in [0.717, 1.165) is 18.0 Å². The first kappa shape index (κ1) is 12.6. The molecular formula is C10H16ClN3S2. The fraction of sp³-hybridized carbons (Fsp3) is 0.700. The van der Waals surface area contributed by atoms with Gasteiger partial charge >= 0.3 is 0 Å². The molecule has 2 atom stereocenters. The monoisotopic (exact) mass is 277 g/mol. The number of halogens is 1. The predicted molar refractivity (Wildman–Crippen MR) is 73.4 cm³/mol. The summed E-state index contributed by atoms with van der Waals surface area (Å²) in [6.07, 6.45) is 1.70. The average Bonchev–Trinajstić information content (AvgIpc) is 2.70. The third kappa shape index (κ3) is 2.53. The molecular weight excluding hydrogens is 262 g/mol. The van der Waals surface area contributed by atoms with Crippen LogP contribution in [0.25, 0.3) is 0 Å². The van der Waals surface area contributed by atoms with Crippen LogP contribution in [0.4, 0.5) is 0 Å². The number of aryl methyl sites for hydroxylation is 1. The second-order valence-corrected chi connectivity index (χ2v) is 6.61. The van der Waals surface area contributed by atoms with Gasteiger partial charge in [-0.3, -0.25) is 4.68 Å². The Hall–Kier alpha value is 0.160. The molecule has 1 aliphatic rings. The first-order chi connectivity index (χ1) is 7.74. The molecule has 1 fully saturated rings.